The second-order valence-corrected chi connectivity index (χ2v) is 11.3. The van der Waals surface area contributed by atoms with Crippen molar-refractivity contribution in [1.29, 1.82) is 0 Å². The Balaban J connectivity index is 1.55. The lowest BCUT2D eigenvalue weighted by atomic mass is 9.87. The molecule has 1 N–H and O–H groups in total. The predicted octanol–water partition coefficient (Wildman–Crippen LogP) is 6.51. The maximum Gasteiger partial charge on any atom is 0.338 e. The molecule has 0 radical (unpaired) electrons. The van der Waals surface area contributed by atoms with E-state index in [-0.39, 0.29) is 5.41 Å². The SMILES string of the molecule is CCCCSc1nc2n(n1)C(c1ccc(OCc3ccc(C(C)(C)C)cc3)cc1)C(C(=O)OC)=C(C)N2. The molecule has 0 spiro atoms. The van der Waals surface area contributed by atoms with Gasteiger partial charge in [0.1, 0.15) is 18.4 Å². The van der Waals surface area contributed by atoms with Crippen molar-refractivity contribution in [2.45, 2.75) is 70.7 Å². The van der Waals surface area contributed by atoms with Crippen LogP contribution in [-0.2, 0) is 21.6 Å². The second-order valence-electron chi connectivity index (χ2n) is 10.2. The van der Waals surface area contributed by atoms with Gasteiger partial charge in [0.2, 0.25) is 11.1 Å². The maximum atomic E-state index is 12.8. The second kappa shape index (κ2) is 11.4. The molecule has 0 fully saturated rings. The van der Waals surface area contributed by atoms with Crippen molar-refractivity contribution < 1.29 is 14.3 Å². The molecule has 8 heteroatoms. The van der Waals surface area contributed by atoms with E-state index in [2.05, 4.69) is 62.3 Å². The van der Waals surface area contributed by atoms with Crippen molar-refractivity contribution in [2.75, 3.05) is 18.2 Å². The summed E-state index contributed by atoms with van der Waals surface area (Å²) in [5.41, 5.74) is 4.66. The minimum atomic E-state index is -0.448. The molecular formula is C29H36N4O3S. The van der Waals surface area contributed by atoms with Crippen molar-refractivity contribution in [3.8, 4) is 5.75 Å². The summed E-state index contributed by atoms with van der Waals surface area (Å²) < 4.78 is 13.0. The molecule has 0 bridgehead atoms. The van der Waals surface area contributed by atoms with Crippen LogP contribution in [0, 0.1) is 0 Å². The summed E-state index contributed by atoms with van der Waals surface area (Å²) in [4.78, 5) is 17.5. The Morgan fingerprint density at radius 3 is 2.43 bits per heavy atom. The van der Waals surface area contributed by atoms with Gasteiger partial charge in [-0.25, -0.2) is 9.48 Å². The molecule has 0 aliphatic carbocycles. The summed E-state index contributed by atoms with van der Waals surface area (Å²) in [6.45, 7) is 11.1. The molecule has 4 rings (SSSR count). The summed E-state index contributed by atoms with van der Waals surface area (Å²) in [6.07, 6.45) is 2.21. The fourth-order valence-electron chi connectivity index (χ4n) is 4.20. The van der Waals surface area contributed by atoms with Crippen LogP contribution >= 0.6 is 11.8 Å². The zero-order valence-corrected chi connectivity index (χ0v) is 23.3. The molecule has 1 aliphatic rings. The minimum absolute atomic E-state index is 0.124. The molecule has 7 nitrogen and oxygen atoms in total. The van der Waals surface area contributed by atoms with Gasteiger partial charge in [0.05, 0.1) is 12.7 Å². The highest BCUT2D eigenvalue weighted by molar-refractivity contribution is 7.99. The number of methoxy groups -OCH3 is 1. The smallest absolute Gasteiger partial charge is 0.338 e. The molecule has 1 unspecified atom stereocenters. The van der Waals surface area contributed by atoms with Crippen LogP contribution in [0.5, 0.6) is 5.75 Å². The molecule has 1 atom stereocenters. The molecule has 2 aromatic carbocycles. The number of unbranched alkanes of at least 4 members (excludes halogenated alkanes) is 1. The van der Waals surface area contributed by atoms with E-state index in [1.807, 2.05) is 31.2 Å². The number of nitrogens with zero attached hydrogens (tertiary/aromatic N) is 3. The largest absolute Gasteiger partial charge is 0.489 e. The van der Waals surface area contributed by atoms with E-state index in [1.54, 1.807) is 16.4 Å². The Bertz CT molecular complexity index is 1260. The lowest BCUT2D eigenvalue weighted by molar-refractivity contribution is -0.136. The number of aromatic nitrogens is 3. The number of ether oxygens (including phenoxy) is 2. The van der Waals surface area contributed by atoms with E-state index in [4.69, 9.17) is 14.6 Å². The Morgan fingerprint density at radius 1 is 1.11 bits per heavy atom. The lowest BCUT2D eigenvalue weighted by Crippen LogP contribution is -2.29. The van der Waals surface area contributed by atoms with E-state index in [0.717, 1.165) is 35.5 Å². The van der Waals surface area contributed by atoms with E-state index in [1.165, 1.54) is 12.7 Å². The van der Waals surface area contributed by atoms with Crippen molar-refractivity contribution >= 4 is 23.7 Å². The van der Waals surface area contributed by atoms with Gasteiger partial charge >= 0.3 is 5.97 Å². The summed E-state index contributed by atoms with van der Waals surface area (Å²) in [5.74, 6) is 1.93. The molecule has 1 aromatic heterocycles. The van der Waals surface area contributed by atoms with Gasteiger partial charge < -0.3 is 14.8 Å². The molecular weight excluding hydrogens is 484 g/mol. The summed E-state index contributed by atoms with van der Waals surface area (Å²) in [6, 6.07) is 15.9. The number of rotatable bonds is 9. The van der Waals surface area contributed by atoms with Gasteiger partial charge in [-0.3, -0.25) is 0 Å². The summed E-state index contributed by atoms with van der Waals surface area (Å²) in [5, 5.41) is 8.66. The van der Waals surface area contributed by atoms with Crippen molar-refractivity contribution in [1.82, 2.24) is 14.8 Å². The number of allylic oxidation sites excluding steroid dienone is 1. The number of carbonyl (C=O) groups is 1. The third kappa shape index (κ3) is 6.18. The number of hydrogen-bond donors (Lipinski definition) is 1. The van der Waals surface area contributed by atoms with Crippen LogP contribution in [0.15, 0.2) is 65.0 Å². The van der Waals surface area contributed by atoms with E-state index < -0.39 is 12.0 Å². The summed E-state index contributed by atoms with van der Waals surface area (Å²) >= 11 is 1.62. The Labute approximate surface area is 223 Å². The van der Waals surface area contributed by atoms with Gasteiger partial charge in [-0.2, -0.15) is 4.98 Å². The van der Waals surface area contributed by atoms with E-state index in [9.17, 15) is 4.79 Å². The highest BCUT2D eigenvalue weighted by Crippen LogP contribution is 2.37. The third-order valence-corrected chi connectivity index (χ3v) is 7.31. The van der Waals surface area contributed by atoms with E-state index >= 15 is 0 Å². The van der Waals surface area contributed by atoms with Gasteiger partial charge in [-0.05, 0) is 47.6 Å². The van der Waals surface area contributed by atoms with Crippen LogP contribution < -0.4 is 10.1 Å². The Kier molecular flexibility index (Phi) is 8.27. The van der Waals surface area contributed by atoms with E-state index in [0.29, 0.717) is 29.0 Å². The average Bonchev–Trinajstić information content (AvgIpc) is 3.28. The van der Waals surface area contributed by atoms with Crippen molar-refractivity contribution in [3.05, 3.63) is 76.5 Å². The number of fused-ring (bicyclic) bond motifs is 1. The molecule has 3 aromatic rings. The highest BCUT2D eigenvalue weighted by Gasteiger charge is 2.35. The van der Waals surface area contributed by atoms with Crippen LogP contribution in [0.4, 0.5) is 5.95 Å². The molecule has 37 heavy (non-hydrogen) atoms. The number of thioether (sulfide) groups is 1. The minimum Gasteiger partial charge on any atom is -0.489 e. The molecule has 0 amide bonds. The first kappa shape index (κ1) is 26.8. The first-order valence-electron chi connectivity index (χ1n) is 12.7. The Hall–Kier alpha value is -3.26. The quantitative estimate of drug-likeness (QED) is 0.196. The number of nitrogens with one attached hydrogen (secondary N) is 1. The molecule has 196 valence electrons. The molecule has 0 saturated heterocycles. The number of benzene rings is 2. The van der Waals surface area contributed by atoms with Gasteiger partial charge in [0.25, 0.3) is 0 Å². The average molecular weight is 521 g/mol. The van der Waals surface area contributed by atoms with Gasteiger partial charge in [-0.1, -0.05) is 82.3 Å². The third-order valence-electron chi connectivity index (χ3n) is 6.39. The van der Waals surface area contributed by atoms with Crippen LogP contribution in [-0.4, -0.2) is 33.6 Å². The predicted molar refractivity (Wildman–Crippen MR) is 148 cm³/mol. The monoisotopic (exact) mass is 520 g/mol. The first-order chi connectivity index (χ1) is 17.7. The number of carbonyl (C=O) groups excluding carboxylic acids is 1. The van der Waals surface area contributed by atoms with Crippen LogP contribution in [0.3, 0.4) is 0 Å². The zero-order valence-electron chi connectivity index (χ0n) is 22.5. The maximum absolute atomic E-state index is 12.8. The van der Waals surface area contributed by atoms with Gasteiger partial charge in [0, 0.05) is 11.4 Å². The standard InChI is InChI=1S/C29H36N4O3S/c1-7-8-17-37-28-31-27-30-19(2)24(26(34)35-6)25(33(27)32-28)21-11-15-23(16-12-21)36-18-20-9-13-22(14-10-20)29(3,4)5/h9-16,25H,7-8,17-18H2,1-6H3,(H,30,31,32). The lowest BCUT2D eigenvalue weighted by Gasteiger charge is -2.27. The Morgan fingerprint density at radius 2 is 1.81 bits per heavy atom. The topological polar surface area (TPSA) is 78.3 Å². The first-order valence-corrected chi connectivity index (χ1v) is 13.7. The fourth-order valence-corrected chi connectivity index (χ4v) is 5.11. The van der Waals surface area contributed by atoms with Crippen molar-refractivity contribution in [2.24, 2.45) is 0 Å². The normalized spacial score (nSPS) is 15.2. The van der Waals surface area contributed by atoms with Gasteiger partial charge in [0.15, 0.2) is 0 Å². The highest BCUT2D eigenvalue weighted by atomic mass is 32.2. The van der Waals surface area contributed by atoms with Crippen LogP contribution in [0.2, 0.25) is 0 Å². The number of anilines is 1. The summed E-state index contributed by atoms with van der Waals surface area (Å²) in [7, 11) is 1.40. The molecule has 1 aliphatic heterocycles. The fraction of sp³-hybridized carbons (Fsp3) is 0.414. The van der Waals surface area contributed by atoms with Crippen LogP contribution in [0.1, 0.15) is 70.2 Å². The molecule has 2 heterocycles. The van der Waals surface area contributed by atoms with Crippen molar-refractivity contribution in [3.63, 3.8) is 0 Å². The zero-order chi connectivity index (χ0) is 26.6. The number of esters is 1. The van der Waals surface area contributed by atoms with Gasteiger partial charge in [-0.15, -0.1) is 5.10 Å². The van der Waals surface area contributed by atoms with Crippen LogP contribution in [0.25, 0.3) is 0 Å². The molecule has 0 saturated carbocycles. The number of hydrogen-bond acceptors (Lipinski definition) is 7.